The maximum Gasteiger partial charge on any atom is 0.435 e. The zero-order valence-electron chi connectivity index (χ0n) is 14.0. The van der Waals surface area contributed by atoms with Crippen LogP contribution in [0.5, 0.6) is 0 Å². The minimum Gasteiger partial charge on any atom is -0.481 e. The molecule has 3 rings (SSSR count). The van der Waals surface area contributed by atoms with E-state index < -0.39 is 24.2 Å². The predicted octanol–water partition coefficient (Wildman–Crippen LogP) is 5.75. The third-order valence-electron chi connectivity index (χ3n) is 4.06. The number of carboxylic acid groups (broad SMARTS) is 1. The first kappa shape index (κ1) is 20.8. The maximum absolute atomic E-state index is 14.0. The molecule has 0 fully saturated rings. The van der Waals surface area contributed by atoms with Crippen LogP contribution in [0.25, 0.3) is 0 Å². The van der Waals surface area contributed by atoms with Gasteiger partial charge in [-0.25, -0.2) is 0 Å². The van der Waals surface area contributed by atoms with Gasteiger partial charge in [0.05, 0.1) is 11.5 Å². The molecule has 0 aliphatic carbocycles. The number of halogens is 5. The number of oxime groups is 1. The lowest BCUT2D eigenvalue weighted by molar-refractivity contribution is -0.275. The summed E-state index contributed by atoms with van der Waals surface area (Å²) in [6, 6.07) is 10.0. The first-order valence-corrected chi connectivity index (χ1v) is 9.58. The fourth-order valence-electron chi connectivity index (χ4n) is 2.73. The number of rotatable bonds is 5. The van der Waals surface area contributed by atoms with Gasteiger partial charge in [-0.2, -0.15) is 13.2 Å². The van der Waals surface area contributed by atoms with Gasteiger partial charge in [-0.1, -0.05) is 40.5 Å². The van der Waals surface area contributed by atoms with Gasteiger partial charge in [-0.3, -0.25) is 4.79 Å². The summed E-state index contributed by atoms with van der Waals surface area (Å²) in [4.78, 5) is 16.2. The fourth-order valence-corrected chi connectivity index (χ4v) is 3.88. The molecular formula is C18H12Cl2F3NO3S. The van der Waals surface area contributed by atoms with Gasteiger partial charge in [0.1, 0.15) is 0 Å². The van der Waals surface area contributed by atoms with Crippen molar-refractivity contribution in [2.45, 2.75) is 23.1 Å². The Hall–Kier alpha value is -1.90. The molecule has 1 N–H and O–H groups in total. The number of alkyl halides is 3. The normalized spacial score (nSPS) is 19.2. The molecule has 0 bridgehead atoms. The van der Waals surface area contributed by atoms with E-state index in [4.69, 9.17) is 33.1 Å². The van der Waals surface area contributed by atoms with Gasteiger partial charge in [0.15, 0.2) is 0 Å². The number of hydrogen-bond donors (Lipinski definition) is 1. The van der Waals surface area contributed by atoms with Crippen molar-refractivity contribution in [2.24, 2.45) is 5.16 Å². The Morgan fingerprint density at radius 3 is 2.32 bits per heavy atom. The van der Waals surface area contributed by atoms with E-state index in [-0.39, 0.29) is 27.1 Å². The number of benzene rings is 2. The highest BCUT2D eigenvalue weighted by atomic mass is 35.5. The highest BCUT2D eigenvalue weighted by molar-refractivity contribution is 8.00. The van der Waals surface area contributed by atoms with E-state index in [1.807, 2.05) is 0 Å². The predicted molar refractivity (Wildman–Crippen MR) is 101 cm³/mol. The van der Waals surface area contributed by atoms with Crippen LogP contribution in [-0.4, -0.2) is 28.7 Å². The number of nitrogens with zero attached hydrogens (tertiary/aromatic N) is 1. The highest BCUT2D eigenvalue weighted by Crippen LogP contribution is 2.49. The molecule has 4 nitrogen and oxygen atoms in total. The molecule has 2 aromatic carbocycles. The third kappa shape index (κ3) is 4.24. The molecule has 0 spiro atoms. The summed E-state index contributed by atoms with van der Waals surface area (Å²) in [5, 5.41) is 12.5. The lowest BCUT2D eigenvalue weighted by atomic mass is 9.86. The largest absolute Gasteiger partial charge is 0.481 e. The summed E-state index contributed by atoms with van der Waals surface area (Å²) in [5.41, 5.74) is -2.36. The molecule has 1 aliphatic heterocycles. The Bertz CT molecular complexity index is 914. The highest BCUT2D eigenvalue weighted by Gasteiger charge is 2.62. The maximum atomic E-state index is 14.0. The minimum atomic E-state index is -4.76. The summed E-state index contributed by atoms with van der Waals surface area (Å²) in [6.07, 6.45) is -5.31. The quantitative estimate of drug-likeness (QED) is 0.590. The van der Waals surface area contributed by atoms with Crippen molar-refractivity contribution < 1.29 is 27.9 Å². The number of carboxylic acids is 1. The van der Waals surface area contributed by atoms with Crippen LogP contribution in [0.3, 0.4) is 0 Å². The monoisotopic (exact) mass is 449 g/mol. The van der Waals surface area contributed by atoms with Crippen LogP contribution in [0.15, 0.2) is 52.5 Å². The summed E-state index contributed by atoms with van der Waals surface area (Å²) >= 11 is 12.9. The number of carbonyl (C=O) groups is 1. The molecule has 0 radical (unpaired) electrons. The zero-order chi connectivity index (χ0) is 20.5. The summed E-state index contributed by atoms with van der Waals surface area (Å²) in [5.74, 6) is -1.08. The molecule has 2 aromatic rings. The number of aliphatic carboxylic acids is 1. The SMILES string of the molecule is O=C(O)CSc1ccc(C2=NOC(c3cc(Cl)cc(Cl)c3)(C(F)(F)F)C2)cc1. The number of thioether (sulfide) groups is 1. The summed E-state index contributed by atoms with van der Waals surface area (Å²) < 4.78 is 41.9. The van der Waals surface area contributed by atoms with Crippen LogP contribution >= 0.6 is 35.0 Å². The van der Waals surface area contributed by atoms with Crippen LogP contribution in [0.2, 0.25) is 10.0 Å². The van der Waals surface area contributed by atoms with E-state index in [0.29, 0.717) is 10.5 Å². The smallest absolute Gasteiger partial charge is 0.435 e. The van der Waals surface area contributed by atoms with E-state index in [2.05, 4.69) is 5.16 Å². The van der Waals surface area contributed by atoms with Crippen molar-refractivity contribution >= 4 is 46.6 Å². The molecule has 0 saturated heterocycles. The van der Waals surface area contributed by atoms with Crippen molar-refractivity contribution in [1.82, 2.24) is 0 Å². The fraction of sp³-hybridized carbons (Fsp3) is 0.222. The van der Waals surface area contributed by atoms with Crippen LogP contribution in [0, 0.1) is 0 Å². The van der Waals surface area contributed by atoms with Crippen LogP contribution in [-0.2, 0) is 15.2 Å². The van der Waals surface area contributed by atoms with Gasteiger partial charge in [0, 0.05) is 26.9 Å². The molecule has 0 amide bonds. The summed E-state index contributed by atoms with van der Waals surface area (Å²) in [6.45, 7) is 0. The molecule has 0 aromatic heterocycles. The van der Waals surface area contributed by atoms with Crippen LogP contribution in [0.4, 0.5) is 13.2 Å². The number of hydrogen-bond acceptors (Lipinski definition) is 4. The Labute approximate surface area is 172 Å². The van der Waals surface area contributed by atoms with E-state index >= 15 is 0 Å². The average molecular weight is 450 g/mol. The molecule has 28 heavy (non-hydrogen) atoms. The lowest BCUT2D eigenvalue weighted by Crippen LogP contribution is -2.42. The van der Waals surface area contributed by atoms with Crippen LogP contribution in [0.1, 0.15) is 17.5 Å². The molecule has 1 atom stereocenters. The summed E-state index contributed by atoms with van der Waals surface area (Å²) in [7, 11) is 0. The van der Waals surface area contributed by atoms with Crippen molar-refractivity contribution in [3.8, 4) is 0 Å². The van der Waals surface area contributed by atoms with Gasteiger partial charge in [-0.15, -0.1) is 11.8 Å². The second-order valence-electron chi connectivity index (χ2n) is 6.00. The van der Waals surface area contributed by atoms with E-state index in [1.165, 1.54) is 6.07 Å². The Kier molecular flexibility index (Phi) is 5.84. The Morgan fingerprint density at radius 2 is 1.79 bits per heavy atom. The molecule has 1 unspecified atom stereocenters. The molecule has 1 heterocycles. The molecule has 1 aliphatic rings. The molecule has 148 valence electrons. The van der Waals surface area contributed by atoms with Crippen molar-refractivity contribution in [3.63, 3.8) is 0 Å². The van der Waals surface area contributed by atoms with Gasteiger partial charge < -0.3 is 9.94 Å². The van der Waals surface area contributed by atoms with Gasteiger partial charge in [0.2, 0.25) is 0 Å². The van der Waals surface area contributed by atoms with Crippen LogP contribution < -0.4 is 0 Å². The second kappa shape index (κ2) is 7.85. The second-order valence-corrected chi connectivity index (χ2v) is 7.92. The standard InChI is InChI=1S/C18H12Cl2F3NO3S/c19-12-5-11(6-13(20)7-12)17(18(21,22)23)8-15(24-27-17)10-1-3-14(4-2-10)28-9-16(25)26/h1-7H,8-9H2,(H,25,26). The molecule has 0 saturated carbocycles. The molecular weight excluding hydrogens is 438 g/mol. The van der Waals surface area contributed by atoms with Crippen molar-refractivity contribution in [1.29, 1.82) is 0 Å². The average Bonchev–Trinajstić information content (AvgIpc) is 3.06. The van der Waals surface area contributed by atoms with Gasteiger partial charge in [-0.05, 0) is 35.9 Å². The van der Waals surface area contributed by atoms with Crippen molar-refractivity contribution in [2.75, 3.05) is 5.75 Å². The Balaban J connectivity index is 1.88. The Morgan fingerprint density at radius 1 is 1.18 bits per heavy atom. The minimum absolute atomic E-state index is 0.0583. The zero-order valence-corrected chi connectivity index (χ0v) is 16.3. The van der Waals surface area contributed by atoms with Crippen molar-refractivity contribution in [3.05, 3.63) is 63.6 Å². The van der Waals surface area contributed by atoms with E-state index in [1.54, 1.807) is 24.3 Å². The topological polar surface area (TPSA) is 58.9 Å². The van der Waals surface area contributed by atoms with Gasteiger partial charge >= 0.3 is 12.1 Å². The lowest BCUT2D eigenvalue weighted by Gasteiger charge is -2.29. The third-order valence-corrected chi connectivity index (χ3v) is 5.50. The van der Waals surface area contributed by atoms with E-state index in [0.717, 1.165) is 23.9 Å². The van der Waals surface area contributed by atoms with E-state index in [9.17, 15) is 18.0 Å². The first-order valence-electron chi connectivity index (χ1n) is 7.84. The first-order chi connectivity index (χ1) is 13.1. The van der Waals surface area contributed by atoms with Gasteiger partial charge in [0.25, 0.3) is 5.60 Å². The molecule has 10 heteroatoms.